The number of benzene rings is 1. The molecule has 0 aliphatic carbocycles. The maximum absolute atomic E-state index is 15.1. The van der Waals surface area contributed by atoms with E-state index in [-0.39, 0.29) is 40.4 Å². The molecule has 3 aromatic heterocycles. The van der Waals surface area contributed by atoms with Gasteiger partial charge in [-0.1, -0.05) is 31.5 Å². The minimum Gasteiger partial charge on any atom is -0.479 e. The number of aromatic nitrogens is 5. The zero-order chi connectivity index (χ0) is 32.3. The molecule has 4 rings (SSSR count). The summed E-state index contributed by atoms with van der Waals surface area (Å²) in [6.45, 7) is 5.51. The molecule has 230 valence electrons. The fourth-order valence-electron chi connectivity index (χ4n) is 4.73. The Bertz CT molecular complexity index is 1810. The highest BCUT2D eigenvalue weighted by Crippen LogP contribution is 2.38. The maximum Gasteiger partial charge on any atom is 0.359 e. The normalized spacial score (nSPS) is 11.7. The monoisotopic (exact) mass is 622 g/mol. The number of aryl methyl sites for hydroxylation is 1. The topological polar surface area (TPSA) is 140 Å². The molecule has 0 amide bonds. The summed E-state index contributed by atoms with van der Waals surface area (Å²) in [4.78, 5) is 37.3. The fourth-order valence-corrected chi connectivity index (χ4v) is 4.99. The van der Waals surface area contributed by atoms with Gasteiger partial charge in [0.1, 0.15) is 23.3 Å². The largest absolute Gasteiger partial charge is 0.479 e. The molecule has 1 N–H and O–H groups in total. The molecule has 0 bridgehead atoms. The van der Waals surface area contributed by atoms with Gasteiger partial charge >= 0.3 is 5.97 Å². The van der Waals surface area contributed by atoms with E-state index in [1.54, 1.807) is 39.0 Å². The summed E-state index contributed by atoms with van der Waals surface area (Å²) >= 11 is 6.30. The van der Waals surface area contributed by atoms with Crippen LogP contribution in [0.15, 0.2) is 41.5 Å². The number of ether oxygens (including phenoxy) is 2. The lowest BCUT2D eigenvalue weighted by Gasteiger charge is -2.24. The van der Waals surface area contributed by atoms with Gasteiger partial charge in [0.15, 0.2) is 5.69 Å². The van der Waals surface area contributed by atoms with Gasteiger partial charge in [-0.25, -0.2) is 18.9 Å². The number of hydrogen-bond donors (Lipinski definition) is 1. The van der Waals surface area contributed by atoms with Gasteiger partial charge in [0.2, 0.25) is 11.8 Å². The van der Waals surface area contributed by atoms with Crippen LogP contribution in [0.25, 0.3) is 5.69 Å². The second kappa shape index (κ2) is 13.1. The van der Waals surface area contributed by atoms with E-state index >= 15 is 4.39 Å². The van der Waals surface area contributed by atoms with Gasteiger partial charge in [-0.2, -0.15) is 15.3 Å². The number of carbonyl (C=O) groups is 1. The maximum atomic E-state index is 15.1. The Kier molecular flexibility index (Phi) is 9.54. The number of rotatable bonds is 10. The van der Waals surface area contributed by atoms with E-state index in [9.17, 15) is 14.9 Å². The third-order valence-corrected chi connectivity index (χ3v) is 6.91. The molecule has 0 aliphatic heterocycles. The van der Waals surface area contributed by atoms with Crippen LogP contribution in [0.3, 0.4) is 0 Å². The summed E-state index contributed by atoms with van der Waals surface area (Å²) in [7, 11) is 6.56. The number of nitrogens with zero attached hydrogens (tertiary/aromatic N) is 7. The number of methoxy groups -OCH3 is 1. The Morgan fingerprint density at radius 3 is 2.59 bits per heavy atom. The summed E-state index contributed by atoms with van der Waals surface area (Å²) in [5.74, 6) is -1.24. The van der Waals surface area contributed by atoms with Crippen molar-refractivity contribution in [2.75, 3.05) is 38.0 Å². The molecule has 44 heavy (non-hydrogen) atoms. The van der Waals surface area contributed by atoms with Crippen molar-refractivity contribution >= 4 is 29.2 Å². The van der Waals surface area contributed by atoms with Crippen molar-refractivity contribution in [2.45, 2.75) is 32.7 Å². The molecule has 0 fully saturated rings. The molecule has 0 saturated carbocycles. The van der Waals surface area contributed by atoms with Crippen molar-refractivity contribution in [3.8, 4) is 17.6 Å². The first-order valence-corrected chi connectivity index (χ1v) is 14.0. The van der Waals surface area contributed by atoms with E-state index in [1.165, 1.54) is 47.0 Å². The first kappa shape index (κ1) is 32.0. The summed E-state index contributed by atoms with van der Waals surface area (Å²) < 4.78 is 28.9. The van der Waals surface area contributed by atoms with Gasteiger partial charge in [0, 0.05) is 32.9 Å². The predicted octanol–water partition coefficient (Wildman–Crippen LogP) is 4.60. The molecule has 0 radical (unpaired) electrons. The van der Waals surface area contributed by atoms with Crippen LogP contribution in [-0.2, 0) is 11.8 Å². The van der Waals surface area contributed by atoms with Crippen molar-refractivity contribution < 1.29 is 18.7 Å². The first-order chi connectivity index (χ1) is 20.9. The number of pyridine rings is 1. The zero-order valence-electron chi connectivity index (χ0n) is 25.3. The molecular weight excluding hydrogens is 591 g/mol. The standard InChI is InChI=1S/C30H32ClFN8O4/c1-8-44-29(42)25-23(26(16(2)3)40(37-25)22-14-34-30(38(4)5)36-27(22)43-7)24(17-9-10-18(13-33)20(32)11-17)35-21-12-19(31)15-39(6)28(21)41/h9-12,14-16,24,35H,8H2,1-7H3. The van der Waals surface area contributed by atoms with E-state index in [4.69, 9.17) is 21.1 Å². The van der Waals surface area contributed by atoms with Crippen molar-refractivity contribution in [2.24, 2.45) is 7.05 Å². The lowest BCUT2D eigenvalue weighted by Crippen LogP contribution is -2.25. The molecule has 0 aliphatic rings. The third-order valence-electron chi connectivity index (χ3n) is 6.70. The highest BCUT2D eigenvalue weighted by molar-refractivity contribution is 6.30. The van der Waals surface area contributed by atoms with Crippen LogP contribution in [-0.4, -0.2) is 58.1 Å². The van der Waals surface area contributed by atoms with Crippen molar-refractivity contribution in [3.05, 3.63) is 85.9 Å². The van der Waals surface area contributed by atoms with E-state index < -0.39 is 23.4 Å². The van der Waals surface area contributed by atoms with Gasteiger partial charge in [-0.3, -0.25) is 4.79 Å². The fraction of sp³-hybridized carbons (Fsp3) is 0.333. The summed E-state index contributed by atoms with van der Waals surface area (Å²) in [6, 6.07) is 6.26. The molecule has 14 heteroatoms. The average molecular weight is 623 g/mol. The van der Waals surface area contributed by atoms with Crippen molar-refractivity contribution in [1.82, 2.24) is 24.3 Å². The Morgan fingerprint density at radius 2 is 2.00 bits per heavy atom. The molecule has 12 nitrogen and oxygen atoms in total. The lowest BCUT2D eigenvalue weighted by atomic mass is 9.91. The smallest absolute Gasteiger partial charge is 0.359 e. The summed E-state index contributed by atoms with van der Waals surface area (Å²) in [5, 5.41) is 17.5. The van der Waals surface area contributed by atoms with Gasteiger partial charge in [0.25, 0.3) is 5.56 Å². The predicted molar refractivity (Wildman–Crippen MR) is 163 cm³/mol. The second-order valence-corrected chi connectivity index (χ2v) is 10.7. The van der Waals surface area contributed by atoms with Crippen LogP contribution in [0, 0.1) is 17.1 Å². The number of anilines is 2. The average Bonchev–Trinajstić information content (AvgIpc) is 3.38. The SMILES string of the molecule is CCOC(=O)c1nn(-c2cnc(N(C)C)nc2OC)c(C(C)C)c1C(Nc1cc(Cl)cn(C)c1=O)c1ccc(C#N)c(F)c1. The number of halogens is 2. The van der Waals surface area contributed by atoms with Crippen LogP contribution >= 0.6 is 11.6 Å². The highest BCUT2D eigenvalue weighted by atomic mass is 35.5. The molecule has 1 aromatic carbocycles. The minimum atomic E-state index is -1.04. The zero-order valence-corrected chi connectivity index (χ0v) is 26.1. The number of nitrogens with one attached hydrogen (secondary N) is 1. The Morgan fingerprint density at radius 1 is 1.27 bits per heavy atom. The molecule has 1 unspecified atom stereocenters. The number of nitriles is 1. The Hall–Kier alpha value is -4.96. The number of esters is 1. The molecule has 0 saturated heterocycles. The van der Waals surface area contributed by atoms with Crippen molar-refractivity contribution in [3.63, 3.8) is 0 Å². The second-order valence-electron chi connectivity index (χ2n) is 10.3. The molecular formula is C30H32ClFN8O4. The lowest BCUT2D eigenvalue weighted by molar-refractivity contribution is 0.0517. The van der Waals surface area contributed by atoms with Gasteiger partial charge in [-0.05, 0) is 36.6 Å². The Balaban J connectivity index is 2.10. The minimum absolute atomic E-state index is 0.0601. The number of hydrogen-bond acceptors (Lipinski definition) is 10. The highest BCUT2D eigenvalue weighted by Gasteiger charge is 2.34. The number of carbonyl (C=O) groups excluding carboxylic acids is 1. The van der Waals surface area contributed by atoms with Gasteiger partial charge < -0.3 is 24.3 Å². The third kappa shape index (κ3) is 6.21. The Labute approximate surface area is 258 Å². The molecule has 3 heterocycles. The van der Waals surface area contributed by atoms with E-state index in [2.05, 4.69) is 20.4 Å². The van der Waals surface area contributed by atoms with Crippen LogP contribution in [0.2, 0.25) is 5.02 Å². The van der Waals surface area contributed by atoms with Crippen LogP contribution in [0.4, 0.5) is 16.0 Å². The van der Waals surface area contributed by atoms with Crippen LogP contribution < -0.4 is 20.5 Å². The summed E-state index contributed by atoms with van der Waals surface area (Å²) in [5.41, 5.74) is 0.873. The first-order valence-electron chi connectivity index (χ1n) is 13.6. The van der Waals surface area contributed by atoms with E-state index in [1.807, 2.05) is 19.9 Å². The summed E-state index contributed by atoms with van der Waals surface area (Å²) in [6.07, 6.45) is 2.98. The van der Waals surface area contributed by atoms with E-state index in [0.29, 0.717) is 28.5 Å². The van der Waals surface area contributed by atoms with Gasteiger partial charge in [0.05, 0.1) is 42.2 Å². The van der Waals surface area contributed by atoms with Crippen molar-refractivity contribution in [1.29, 1.82) is 5.26 Å². The van der Waals surface area contributed by atoms with Crippen LogP contribution in [0.5, 0.6) is 5.88 Å². The van der Waals surface area contributed by atoms with Crippen LogP contribution in [0.1, 0.15) is 65.6 Å². The molecule has 0 spiro atoms. The van der Waals surface area contributed by atoms with Gasteiger partial charge in [-0.15, -0.1) is 0 Å². The quantitative estimate of drug-likeness (QED) is 0.249. The molecule has 4 aromatic rings. The molecule has 1 atom stereocenters. The van der Waals surface area contributed by atoms with E-state index in [0.717, 1.165) is 0 Å².